The predicted octanol–water partition coefficient (Wildman–Crippen LogP) is 0.646. The first kappa shape index (κ1) is 19.6. The van der Waals surface area contributed by atoms with Crippen LogP contribution in [0.15, 0.2) is 6.20 Å². The highest BCUT2D eigenvalue weighted by atomic mass is 19.3. The second kappa shape index (κ2) is 8.33. The largest absolute Gasteiger partial charge is 0.393 e. The molecular formula is C17H22F2N8O2. The molecule has 0 bridgehead atoms. The zero-order valence-electron chi connectivity index (χ0n) is 15.7. The number of nitrogens with two attached hydrogens (primary N) is 1. The maximum atomic E-state index is 13.6. The van der Waals surface area contributed by atoms with Gasteiger partial charge in [-0.2, -0.15) is 15.0 Å². The summed E-state index contributed by atoms with van der Waals surface area (Å²) in [7, 11) is 0. The van der Waals surface area contributed by atoms with Gasteiger partial charge in [-0.25, -0.2) is 18.7 Å². The van der Waals surface area contributed by atoms with Crippen LogP contribution < -0.4 is 15.5 Å². The van der Waals surface area contributed by atoms with E-state index in [9.17, 15) is 13.9 Å². The number of hydrogen-bond donors (Lipinski definition) is 2. The second-order valence-electron chi connectivity index (χ2n) is 6.90. The molecule has 10 nitrogen and oxygen atoms in total. The van der Waals surface area contributed by atoms with Crippen molar-refractivity contribution < 1.29 is 18.6 Å². The molecule has 2 aliphatic heterocycles. The van der Waals surface area contributed by atoms with Crippen molar-refractivity contribution in [2.24, 2.45) is 0 Å². The van der Waals surface area contributed by atoms with Gasteiger partial charge in [0.2, 0.25) is 17.8 Å². The van der Waals surface area contributed by atoms with Crippen molar-refractivity contribution in [3.05, 3.63) is 11.9 Å². The summed E-state index contributed by atoms with van der Waals surface area (Å²) in [5, 5.41) is 9.77. The fraction of sp³-hybridized carbons (Fsp3) is 0.588. The van der Waals surface area contributed by atoms with Gasteiger partial charge in [-0.3, -0.25) is 0 Å². The Bertz CT molecular complexity index is 857. The maximum absolute atomic E-state index is 13.6. The van der Waals surface area contributed by atoms with Gasteiger partial charge in [0.05, 0.1) is 24.9 Å². The molecular weight excluding hydrogens is 386 g/mol. The Morgan fingerprint density at radius 3 is 2.24 bits per heavy atom. The Kier molecular flexibility index (Phi) is 5.62. The lowest BCUT2D eigenvalue weighted by Gasteiger charge is -2.31. The molecule has 0 radical (unpaired) electrons. The highest BCUT2D eigenvalue weighted by molar-refractivity contribution is 5.61. The summed E-state index contributed by atoms with van der Waals surface area (Å²) < 4.78 is 32.5. The zero-order valence-corrected chi connectivity index (χ0v) is 15.7. The van der Waals surface area contributed by atoms with E-state index in [-0.39, 0.29) is 23.4 Å². The SMILES string of the molecule is Nc1ncc(-c2nc(N3CCOCC3)nc(N3CCC(O)CC3)n2)c(C(F)F)n1. The summed E-state index contributed by atoms with van der Waals surface area (Å²) in [6.45, 7) is 3.35. The Labute approximate surface area is 165 Å². The maximum Gasteiger partial charge on any atom is 0.281 e. The predicted molar refractivity (Wildman–Crippen MR) is 101 cm³/mol. The summed E-state index contributed by atoms with van der Waals surface area (Å²) in [4.78, 5) is 24.8. The van der Waals surface area contributed by atoms with Gasteiger partial charge in [-0.1, -0.05) is 0 Å². The Balaban J connectivity index is 1.77. The molecule has 2 aliphatic rings. The third-order valence-electron chi connectivity index (χ3n) is 4.94. The van der Waals surface area contributed by atoms with E-state index in [1.165, 1.54) is 6.20 Å². The zero-order chi connectivity index (χ0) is 20.4. The van der Waals surface area contributed by atoms with Crippen LogP contribution in [0.1, 0.15) is 25.0 Å². The smallest absolute Gasteiger partial charge is 0.281 e. The van der Waals surface area contributed by atoms with Crippen molar-refractivity contribution in [3.8, 4) is 11.4 Å². The average molecular weight is 408 g/mol. The number of ether oxygens (including phenoxy) is 1. The minimum atomic E-state index is -2.85. The molecule has 4 heterocycles. The molecule has 0 aliphatic carbocycles. The van der Waals surface area contributed by atoms with Crippen LogP contribution in [0.2, 0.25) is 0 Å². The lowest BCUT2D eigenvalue weighted by atomic mass is 10.1. The molecule has 12 heteroatoms. The molecule has 0 saturated carbocycles. The molecule has 2 saturated heterocycles. The van der Waals surface area contributed by atoms with Gasteiger partial charge in [-0.15, -0.1) is 0 Å². The molecule has 2 aromatic heterocycles. The van der Waals surface area contributed by atoms with E-state index in [4.69, 9.17) is 10.5 Å². The first-order valence-electron chi connectivity index (χ1n) is 9.44. The molecule has 4 rings (SSSR count). The van der Waals surface area contributed by atoms with Crippen molar-refractivity contribution >= 4 is 17.8 Å². The molecule has 2 fully saturated rings. The number of aliphatic hydroxyl groups excluding tert-OH is 1. The van der Waals surface area contributed by atoms with E-state index in [1.54, 1.807) is 0 Å². The lowest BCUT2D eigenvalue weighted by Crippen LogP contribution is -2.39. The molecule has 0 amide bonds. The van der Waals surface area contributed by atoms with E-state index in [0.717, 1.165) is 0 Å². The number of piperidine rings is 1. The molecule has 3 N–H and O–H groups in total. The quantitative estimate of drug-likeness (QED) is 0.744. The first-order chi connectivity index (χ1) is 14.0. The van der Waals surface area contributed by atoms with Gasteiger partial charge in [0.15, 0.2) is 5.82 Å². The molecule has 0 unspecified atom stereocenters. The molecule has 2 aromatic rings. The highest BCUT2D eigenvalue weighted by Gasteiger charge is 2.26. The topological polar surface area (TPSA) is 126 Å². The minimum Gasteiger partial charge on any atom is -0.393 e. The number of rotatable bonds is 4. The number of anilines is 3. The van der Waals surface area contributed by atoms with E-state index in [2.05, 4.69) is 24.9 Å². The normalized spacial score (nSPS) is 18.5. The number of alkyl halides is 2. The van der Waals surface area contributed by atoms with Gasteiger partial charge in [0.25, 0.3) is 6.43 Å². The Hall–Kier alpha value is -2.73. The van der Waals surface area contributed by atoms with Crippen molar-refractivity contribution in [2.45, 2.75) is 25.4 Å². The van der Waals surface area contributed by atoms with Crippen LogP contribution in [0.4, 0.5) is 26.6 Å². The summed E-state index contributed by atoms with van der Waals surface area (Å²) in [6, 6.07) is 0. The molecule has 0 aromatic carbocycles. The van der Waals surface area contributed by atoms with E-state index in [1.807, 2.05) is 9.80 Å². The van der Waals surface area contributed by atoms with Crippen LogP contribution in [0.3, 0.4) is 0 Å². The minimum absolute atomic E-state index is 0.0180. The summed E-state index contributed by atoms with van der Waals surface area (Å²) >= 11 is 0. The fourth-order valence-corrected chi connectivity index (χ4v) is 3.33. The van der Waals surface area contributed by atoms with Gasteiger partial charge in [0.1, 0.15) is 5.69 Å². The third-order valence-corrected chi connectivity index (χ3v) is 4.94. The number of nitrogen functional groups attached to an aromatic ring is 1. The van der Waals surface area contributed by atoms with Gasteiger partial charge in [-0.05, 0) is 12.8 Å². The number of halogens is 2. The van der Waals surface area contributed by atoms with Gasteiger partial charge >= 0.3 is 0 Å². The van der Waals surface area contributed by atoms with Crippen LogP contribution in [0.5, 0.6) is 0 Å². The number of nitrogens with zero attached hydrogens (tertiary/aromatic N) is 7. The number of aromatic nitrogens is 5. The van der Waals surface area contributed by atoms with Crippen LogP contribution in [-0.2, 0) is 4.74 Å². The Morgan fingerprint density at radius 1 is 1.00 bits per heavy atom. The molecule has 29 heavy (non-hydrogen) atoms. The molecule has 0 atom stereocenters. The van der Waals surface area contributed by atoms with Crippen molar-refractivity contribution in [1.82, 2.24) is 24.9 Å². The van der Waals surface area contributed by atoms with Crippen LogP contribution >= 0.6 is 0 Å². The average Bonchev–Trinajstić information content (AvgIpc) is 2.74. The fourth-order valence-electron chi connectivity index (χ4n) is 3.33. The van der Waals surface area contributed by atoms with E-state index in [0.29, 0.717) is 64.1 Å². The Morgan fingerprint density at radius 2 is 1.62 bits per heavy atom. The van der Waals surface area contributed by atoms with Gasteiger partial charge in [0, 0.05) is 32.4 Å². The first-order valence-corrected chi connectivity index (χ1v) is 9.44. The van der Waals surface area contributed by atoms with Crippen LogP contribution in [0, 0.1) is 0 Å². The summed E-state index contributed by atoms with van der Waals surface area (Å²) in [5.41, 5.74) is 4.99. The monoisotopic (exact) mass is 408 g/mol. The standard InChI is InChI=1S/C17H22F2N8O2/c18-13(19)12-11(9-21-15(20)22-12)14-23-16(26-3-1-10(28)2-4-26)25-17(24-14)27-5-7-29-8-6-27/h9-10,13,28H,1-8H2,(H2,20,21,22). The number of morpholine rings is 1. The lowest BCUT2D eigenvalue weighted by molar-refractivity contribution is 0.122. The van der Waals surface area contributed by atoms with Crippen LogP contribution in [0.25, 0.3) is 11.4 Å². The summed E-state index contributed by atoms with van der Waals surface area (Å²) in [5.74, 6) is 0.589. The van der Waals surface area contributed by atoms with Crippen LogP contribution in [-0.4, -0.2) is 75.5 Å². The van der Waals surface area contributed by atoms with E-state index >= 15 is 0 Å². The van der Waals surface area contributed by atoms with E-state index < -0.39 is 12.1 Å². The van der Waals surface area contributed by atoms with Crippen molar-refractivity contribution in [3.63, 3.8) is 0 Å². The molecule has 0 spiro atoms. The second-order valence-corrected chi connectivity index (χ2v) is 6.90. The van der Waals surface area contributed by atoms with Gasteiger partial charge < -0.3 is 25.4 Å². The number of aliphatic hydroxyl groups is 1. The third kappa shape index (κ3) is 4.32. The molecule has 156 valence electrons. The number of hydrogen-bond acceptors (Lipinski definition) is 10. The van der Waals surface area contributed by atoms with Crippen molar-refractivity contribution in [2.75, 3.05) is 54.9 Å². The van der Waals surface area contributed by atoms with Crippen molar-refractivity contribution in [1.29, 1.82) is 0 Å². The highest BCUT2D eigenvalue weighted by Crippen LogP contribution is 2.30. The summed E-state index contributed by atoms with van der Waals surface area (Å²) in [6.07, 6.45) is -0.830.